The zero-order chi connectivity index (χ0) is 11.8. The number of hydrogen-bond donors (Lipinski definition) is 0. The minimum absolute atomic E-state index is 0.0985. The first kappa shape index (κ1) is 11.7. The Hall–Kier alpha value is -0.810. The van der Waals surface area contributed by atoms with Crippen LogP contribution in [0.2, 0.25) is 0 Å². The third-order valence-electron chi connectivity index (χ3n) is 3.02. The molecule has 16 heavy (non-hydrogen) atoms. The van der Waals surface area contributed by atoms with Crippen LogP contribution >= 0.6 is 0 Å². The lowest BCUT2D eigenvalue weighted by Crippen LogP contribution is -2.31. The largest absolute Gasteiger partial charge is 0.465 e. The van der Waals surface area contributed by atoms with Crippen molar-refractivity contribution in [2.24, 2.45) is 0 Å². The summed E-state index contributed by atoms with van der Waals surface area (Å²) < 4.78 is 30.9. The maximum absolute atomic E-state index is 11.9. The van der Waals surface area contributed by atoms with Gasteiger partial charge in [-0.05, 0) is 38.8 Å². The molecule has 0 aromatic carbocycles. The van der Waals surface area contributed by atoms with Crippen LogP contribution in [0.25, 0.3) is 0 Å². The van der Waals surface area contributed by atoms with Gasteiger partial charge in [0.1, 0.15) is 11.5 Å². The van der Waals surface area contributed by atoms with Gasteiger partial charge in [0.05, 0.1) is 11.8 Å². The van der Waals surface area contributed by atoms with Crippen LogP contribution in [0.15, 0.2) is 16.5 Å². The fraction of sp³-hybridized carbons (Fsp3) is 0.636. The summed E-state index contributed by atoms with van der Waals surface area (Å²) in [5.74, 6) is 1.76. The van der Waals surface area contributed by atoms with Crippen molar-refractivity contribution >= 4 is 10.0 Å². The summed E-state index contributed by atoms with van der Waals surface area (Å²) in [6.45, 7) is 4.16. The van der Waals surface area contributed by atoms with E-state index in [-0.39, 0.29) is 11.8 Å². The monoisotopic (exact) mass is 243 g/mol. The van der Waals surface area contributed by atoms with Crippen LogP contribution in [0.1, 0.15) is 37.3 Å². The van der Waals surface area contributed by atoms with Gasteiger partial charge >= 0.3 is 0 Å². The van der Waals surface area contributed by atoms with Gasteiger partial charge in [-0.25, -0.2) is 8.42 Å². The van der Waals surface area contributed by atoms with Crippen LogP contribution in [0.4, 0.5) is 0 Å². The second kappa shape index (κ2) is 4.22. The molecule has 2 rings (SSSR count). The maximum Gasteiger partial charge on any atom is 0.214 e. The van der Waals surface area contributed by atoms with Gasteiger partial charge in [0.2, 0.25) is 10.0 Å². The molecular weight excluding hydrogens is 226 g/mol. The second-order valence-electron chi connectivity index (χ2n) is 4.12. The van der Waals surface area contributed by atoms with Crippen molar-refractivity contribution in [2.45, 2.75) is 32.7 Å². The Morgan fingerprint density at radius 1 is 1.50 bits per heavy atom. The number of hydrogen-bond acceptors (Lipinski definition) is 3. The van der Waals surface area contributed by atoms with E-state index < -0.39 is 10.0 Å². The molecule has 1 aromatic rings. The highest BCUT2D eigenvalue weighted by Crippen LogP contribution is 2.34. The molecule has 2 heterocycles. The molecule has 1 aromatic heterocycles. The summed E-state index contributed by atoms with van der Waals surface area (Å²) >= 11 is 0. The third kappa shape index (κ3) is 2.01. The quantitative estimate of drug-likeness (QED) is 0.816. The smallest absolute Gasteiger partial charge is 0.214 e. The number of sulfonamides is 1. The SMILES string of the molecule is CCS(=O)(=O)N1CCC[C@H]1c1ccc(C)o1. The Morgan fingerprint density at radius 3 is 2.81 bits per heavy atom. The van der Waals surface area contributed by atoms with Gasteiger partial charge in [-0.1, -0.05) is 0 Å². The van der Waals surface area contributed by atoms with E-state index in [1.807, 2.05) is 19.1 Å². The average Bonchev–Trinajstić information content (AvgIpc) is 2.85. The molecule has 0 bridgehead atoms. The molecule has 4 nitrogen and oxygen atoms in total. The molecule has 0 amide bonds. The molecule has 0 radical (unpaired) electrons. The molecule has 0 spiro atoms. The highest BCUT2D eigenvalue weighted by Gasteiger charge is 2.35. The van der Waals surface area contributed by atoms with Crippen LogP contribution in [-0.4, -0.2) is 25.0 Å². The first-order valence-electron chi connectivity index (χ1n) is 5.60. The maximum atomic E-state index is 11.9. The Morgan fingerprint density at radius 2 is 2.25 bits per heavy atom. The molecule has 1 aliphatic heterocycles. The van der Waals surface area contributed by atoms with Crippen molar-refractivity contribution in [1.29, 1.82) is 0 Å². The predicted molar refractivity (Wildman–Crippen MR) is 61.6 cm³/mol. The number of rotatable bonds is 3. The molecule has 0 unspecified atom stereocenters. The zero-order valence-electron chi connectivity index (χ0n) is 9.64. The highest BCUT2D eigenvalue weighted by atomic mass is 32.2. The molecule has 0 saturated carbocycles. The Kier molecular flexibility index (Phi) is 3.08. The van der Waals surface area contributed by atoms with Gasteiger partial charge in [-0.3, -0.25) is 0 Å². The van der Waals surface area contributed by atoms with Gasteiger partial charge in [-0.2, -0.15) is 4.31 Å². The van der Waals surface area contributed by atoms with Gasteiger partial charge < -0.3 is 4.42 Å². The van der Waals surface area contributed by atoms with E-state index >= 15 is 0 Å². The first-order valence-corrected chi connectivity index (χ1v) is 7.21. The van der Waals surface area contributed by atoms with Crippen LogP contribution < -0.4 is 0 Å². The van der Waals surface area contributed by atoms with Crippen LogP contribution in [0, 0.1) is 6.92 Å². The van der Waals surface area contributed by atoms with E-state index in [1.54, 1.807) is 11.2 Å². The highest BCUT2D eigenvalue weighted by molar-refractivity contribution is 7.89. The van der Waals surface area contributed by atoms with E-state index in [1.165, 1.54) is 0 Å². The van der Waals surface area contributed by atoms with Crippen molar-refractivity contribution < 1.29 is 12.8 Å². The minimum atomic E-state index is -3.11. The lowest BCUT2D eigenvalue weighted by Gasteiger charge is -2.21. The van der Waals surface area contributed by atoms with Crippen molar-refractivity contribution in [3.05, 3.63) is 23.7 Å². The topological polar surface area (TPSA) is 50.5 Å². The van der Waals surface area contributed by atoms with E-state index in [4.69, 9.17) is 4.42 Å². The molecule has 0 N–H and O–H groups in total. The van der Waals surface area contributed by atoms with E-state index in [9.17, 15) is 8.42 Å². The van der Waals surface area contributed by atoms with Crippen molar-refractivity contribution in [3.8, 4) is 0 Å². The molecule has 1 saturated heterocycles. The molecule has 90 valence electrons. The summed E-state index contributed by atoms with van der Waals surface area (Å²) in [6, 6.07) is 3.66. The van der Waals surface area contributed by atoms with Crippen molar-refractivity contribution in [2.75, 3.05) is 12.3 Å². The van der Waals surface area contributed by atoms with Crippen LogP contribution in [0.3, 0.4) is 0 Å². The number of furan rings is 1. The van der Waals surface area contributed by atoms with Gasteiger partial charge in [0.15, 0.2) is 0 Å². The zero-order valence-corrected chi connectivity index (χ0v) is 10.5. The summed E-state index contributed by atoms with van der Waals surface area (Å²) in [6.07, 6.45) is 1.76. The molecule has 1 aliphatic rings. The van der Waals surface area contributed by atoms with Gasteiger partial charge in [-0.15, -0.1) is 0 Å². The second-order valence-corrected chi connectivity index (χ2v) is 6.33. The molecule has 5 heteroatoms. The van der Waals surface area contributed by atoms with Crippen molar-refractivity contribution in [1.82, 2.24) is 4.31 Å². The summed E-state index contributed by atoms with van der Waals surface area (Å²) in [7, 11) is -3.11. The van der Waals surface area contributed by atoms with Gasteiger partial charge in [0.25, 0.3) is 0 Å². The van der Waals surface area contributed by atoms with E-state index in [0.717, 1.165) is 24.4 Å². The number of nitrogens with zero attached hydrogens (tertiary/aromatic N) is 1. The summed E-state index contributed by atoms with van der Waals surface area (Å²) in [5, 5.41) is 0. The van der Waals surface area contributed by atoms with Crippen molar-refractivity contribution in [3.63, 3.8) is 0 Å². The Bertz CT molecular complexity index is 463. The van der Waals surface area contributed by atoms with E-state index in [0.29, 0.717) is 6.54 Å². The lowest BCUT2D eigenvalue weighted by molar-refractivity contribution is 0.334. The van der Waals surface area contributed by atoms with E-state index in [2.05, 4.69) is 0 Å². The molecule has 1 fully saturated rings. The fourth-order valence-electron chi connectivity index (χ4n) is 2.16. The third-order valence-corrected chi connectivity index (χ3v) is 4.90. The first-order chi connectivity index (χ1) is 7.54. The Labute approximate surface area is 96.3 Å². The summed E-state index contributed by atoms with van der Waals surface area (Å²) in [4.78, 5) is 0. The normalized spacial score (nSPS) is 22.8. The molecule has 1 atom stereocenters. The average molecular weight is 243 g/mol. The van der Waals surface area contributed by atoms with Crippen LogP contribution in [0.5, 0.6) is 0 Å². The number of aryl methyl sites for hydroxylation is 1. The molecular formula is C11H17NO3S. The standard InChI is InChI=1S/C11H17NO3S/c1-3-16(13,14)12-8-4-5-10(12)11-7-6-9(2)15-11/h6-7,10H,3-5,8H2,1-2H3/t10-/m0/s1. The predicted octanol–water partition coefficient (Wildman–Crippen LogP) is 2.07. The van der Waals surface area contributed by atoms with Gasteiger partial charge in [0, 0.05) is 6.54 Å². The fourth-order valence-corrected chi connectivity index (χ4v) is 3.49. The lowest BCUT2D eigenvalue weighted by atomic mass is 10.2. The summed E-state index contributed by atoms with van der Waals surface area (Å²) in [5.41, 5.74) is 0. The van der Waals surface area contributed by atoms with Crippen LogP contribution in [-0.2, 0) is 10.0 Å². The Balaban J connectivity index is 2.28. The minimum Gasteiger partial charge on any atom is -0.465 e. The molecule has 0 aliphatic carbocycles.